The molecule has 1 heterocycles. The number of terminal acetylenes is 1. The molecule has 0 radical (unpaired) electrons. The van der Waals surface area contributed by atoms with Crippen molar-refractivity contribution in [3.63, 3.8) is 0 Å². The van der Waals surface area contributed by atoms with Crippen LogP contribution in [0.25, 0.3) is 0 Å². The quantitative estimate of drug-likeness (QED) is 0.400. The minimum atomic E-state index is -0.865. The number of nitrogens with zero attached hydrogens (tertiary/aromatic N) is 2. The van der Waals surface area contributed by atoms with Gasteiger partial charge in [0.25, 0.3) is 5.91 Å². The molecule has 3 amide bonds. The van der Waals surface area contributed by atoms with Crippen molar-refractivity contribution in [3.8, 4) is 12.3 Å². The lowest BCUT2D eigenvalue weighted by Crippen LogP contribution is -2.41. The van der Waals surface area contributed by atoms with Crippen LogP contribution in [-0.2, 0) is 14.3 Å². The molecule has 0 saturated carbocycles. The van der Waals surface area contributed by atoms with Crippen molar-refractivity contribution in [2.75, 3.05) is 25.1 Å². The van der Waals surface area contributed by atoms with Gasteiger partial charge in [0.15, 0.2) is 6.73 Å². The third-order valence-corrected chi connectivity index (χ3v) is 4.40. The van der Waals surface area contributed by atoms with E-state index in [1.54, 1.807) is 19.9 Å². The number of hydrogen-bond acceptors (Lipinski definition) is 5. The zero-order valence-corrected chi connectivity index (χ0v) is 16.5. The highest BCUT2D eigenvalue weighted by Gasteiger charge is 2.37. The fraction of sp³-hybridized carbons (Fsp3) is 0.389. The van der Waals surface area contributed by atoms with Gasteiger partial charge in [-0.15, -0.1) is 6.42 Å². The van der Waals surface area contributed by atoms with Crippen LogP contribution in [-0.4, -0.2) is 53.6 Å². The van der Waals surface area contributed by atoms with Gasteiger partial charge in [0, 0.05) is 4.47 Å². The molecule has 1 N–H and O–H groups in total. The molecule has 0 spiro atoms. The molecular weight excluding hydrogens is 421 g/mol. The van der Waals surface area contributed by atoms with Crippen molar-refractivity contribution in [2.45, 2.75) is 19.9 Å². The Bertz CT molecular complexity index is 793. The van der Waals surface area contributed by atoms with Gasteiger partial charge >= 0.3 is 12.0 Å². The molecule has 27 heavy (non-hydrogen) atoms. The Morgan fingerprint density at radius 3 is 2.74 bits per heavy atom. The van der Waals surface area contributed by atoms with Crippen molar-refractivity contribution in [1.29, 1.82) is 0 Å². The summed E-state index contributed by atoms with van der Waals surface area (Å²) in [7, 11) is 0. The second-order valence-electron chi connectivity index (χ2n) is 6.25. The Hall–Kier alpha value is -2.60. The lowest BCUT2D eigenvalue weighted by molar-refractivity contribution is -0.150. The molecule has 1 aromatic rings. The summed E-state index contributed by atoms with van der Waals surface area (Å²) in [6.07, 6.45) is 5.15. The summed E-state index contributed by atoms with van der Waals surface area (Å²) in [6, 6.07) is 2.92. The molecule has 2 rings (SSSR count). The lowest BCUT2D eigenvalue weighted by atomic mass is 10.0. The van der Waals surface area contributed by atoms with Crippen LogP contribution in [0, 0.1) is 24.1 Å². The number of carbonyl (C=O) groups excluding carboxylic acids is 3. The zero-order valence-electron chi connectivity index (χ0n) is 14.9. The molecule has 1 aromatic carbocycles. The average Bonchev–Trinajstić information content (AvgIpc) is 2.85. The van der Waals surface area contributed by atoms with Crippen LogP contribution >= 0.6 is 15.9 Å². The maximum atomic E-state index is 14.0. The summed E-state index contributed by atoms with van der Waals surface area (Å²) in [6.45, 7) is 2.84. The van der Waals surface area contributed by atoms with Gasteiger partial charge in [-0.25, -0.2) is 18.9 Å². The van der Waals surface area contributed by atoms with Crippen LogP contribution in [0.5, 0.6) is 0 Å². The highest BCUT2D eigenvalue weighted by Crippen LogP contribution is 2.22. The lowest BCUT2D eigenvalue weighted by Gasteiger charge is -2.23. The van der Waals surface area contributed by atoms with Crippen LogP contribution in [0.4, 0.5) is 14.9 Å². The monoisotopic (exact) mass is 439 g/mol. The van der Waals surface area contributed by atoms with Gasteiger partial charge in [0.2, 0.25) is 0 Å². The van der Waals surface area contributed by atoms with Gasteiger partial charge in [-0.2, -0.15) is 0 Å². The average molecular weight is 440 g/mol. The summed E-state index contributed by atoms with van der Waals surface area (Å²) in [5.41, 5.74) is 0.141. The molecule has 1 fully saturated rings. The van der Waals surface area contributed by atoms with Gasteiger partial charge in [0.05, 0.1) is 12.2 Å². The number of urea groups is 1. The fourth-order valence-corrected chi connectivity index (χ4v) is 2.78. The third kappa shape index (κ3) is 4.98. The third-order valence-electron chi connectivity index (χ3n) is 3.91. The number of esters is 1. The number of anilines is 1. The highest BCUT2D eigenvalue weighted by molar-refractivity contribution is 9.10. The molecular formula is C18H19BrFN3O4. The highest BCUT2D eigenvalue weighted by atomic mass is 79.9. The summed E-state index contributed by atoms with van der Waals surface area (Å²) in [5.74, 6) is 0.314. The van der Waals surface area contributed by atoms with E-state index < -0.39 is 36.5 Å². The predicted molar refractivity (Wildman–Crippen MR) is 100.0 cm³/mol. The van der Waals surface area contributed by atoms with E-state index in [4.69, 9.17) is 11.2 Å². The molecule has 0 aliphatic carbocycles. The molecule has 0 aromatic heterocycles. The summed E-state index contributed by atoms with van der Waals surface area (Å²) < 4.78 is 19.7. The molecule has 9 heteroatoms. The van der Waals surface area contributed by atoms with Crippen LogP contribution in [0.15, 0.2) is 22.7 Å². The first-order chi connectivity index (χ1) is 12.7. The SMILES string of the molecule is C#CCN1CC(=O)N(COC(=O)C(Nc2ccc(Br)cc2F)C(C)C)C1=O. The van der Waals surface area contributed by atoms with Crippen molar-refractivity contribution >= 4 is 39.5 Å². The number of carbonyl (C=O) groups is 3. The van der Waals surface area contributed by atoms with Crippen LogP contribution in [0.2, 0.25) is 0 Å². The number of amides is 3. The number of hydrogen-bond donors (Lipinski definition) is 1. The molecule has 0 bridgehead atoms. The largest absolute Gasteiger partial charge is 0.442 e. The molecule has 7 nitrogen and oxygen atoms in total. The summed E-state index contributed by atoms with van der Waals surface area (Å²) >= 11 is 3.17. The zero-order chi connectivity index (χ0) is 20.1. The Morgan fingerprint density at radius 1 is 1.44 bits per heavy atom. The standard InChI is InChI=1S/C18H19BrFN3O4/c1-4-7-22-9-15(24)23(18(22)26)10-27-17(25)16(11(2)3)21-14-6-5-12(19)8-13(14)20/h1,5-6,8,11,16,21H,7,9-10H2,2-3H3. The first-order valence-electron chi connectivity index (χ1n) is 8.15. The van der Waals surface area contributed by atoms with Gasteiger partial charge in [0.1, 0.15) is 18.4 Å². The number of ether oxygens (including phenoxy) is 1. The van der Waals surface area contributed by atoms with E-state index in [0.29, 0.717) is 4.47 Å². The Kier molecular flexibility index (Phi) is 6.80. The Morgan fingerprint density at radius 2 is 2.15 bits per heavy atom. The summed E-state index contributed by atoms with van der Waals surface area (Å²) in [5, 5.41) is 2.80. The van der Waals surface area contributed by atoms with Crippen molar-refractivity contribution < 1.29 is 23.5 Å². The predicted octanol–water partition coefficient (Wildman–Crippen LogP) is 2.42. The molecule has 1 aliphatic heterocycles. The second kappa shape index (κ2) is 8.86. The van der Waals surface area contributed by atoms with E-state index in [1.807, 2.05) is 0 Å². The minimum absolute atomic E-state index is 0.00591. The Labute approximate surface area is 165 Å². The maximum absolute atomic E-state index is 14.0. The van der Waals surface area contributed by atoms with E-state index >= 15 is 0 Å². The first-order valence-corrected chi connectivity index (χ1v) is 8.94. The minimum Gasteiger partial charge on any atom is -0.442 e. The van der Waals surface area contributed by atoms with Crippen LogP contribution in [0.1, 0.15) is 13.8 Å². The van der Waals surface area contributed by atoms with Crippen molar-refractivity contribution in [3.05, 3.63) is 28.5 Å². The van der Waals surface area contributed by atoms with Gasteiger partial charge in [-0.3, -0.25) is 4.79 Å². The molecule has 1 aliphatic rings. The topological polar surface area (TPSA) is 79.0 Å². The maximum Gasteiger partial charge on any atom is 0.330 e. The van der Waals surface area contributed by atoms with Gasteiger partial charge in [-0.1, -0.05) is 35.7 Å². The van der Waals surface area contributed by atoms with Gasteiger partial charge in [-0.05, 0) is 24.1 Å². The van der Waals surface area contributed by atoms with E-state index in [9.17, 15) is 18.8 Å². The van der Waals surface area contributed by atoms with E-state index in [2.05, 4.69) is 27.2 Å². The van der Waals surface area contributed by atoms with E-state index in [1.165, 1.54) is 17.0 Å². The molecule has 1 unspecified atom stereocenters. The number of rotatable bonds is 7. The number of halogens is 2. The van der Waals surface area contributed by atoms with Gasteiger partial charge < -0.3 is 15.0 Å². The van der Waals surface area contributed by atoms with Crippen molar-refractivity contribution in [1.82, 2.24) is 9.80 Å². The normalized spacial score (nSPS) is 15.1. The smallest absolute Gasteiger partial charge is 0.330 e. The second-order valence-corrected chi connectivity index (χ2v) is 7.16. The first kappa shape index (κ1) is 20.7. The van der Waals surface area contributed by atoms with E-state index in [-0.39, 0.29) is 24.7 Å². The van der Waals surface area contributed by atoms with Crippen LogP contribution in [0.3, 0.4) is 0 Å². The van der Waals surface area contributed by atoms with Crippen molar-refractivity contribution in [2.24, 2.45) is 5.92 Å². The summed E-state index contributed by atoms with van der Waals surface area (Å²) in [4.78, 5) is 38.4. The number of imide groups is 1. The number of benzene rings is 1. The Balaban J connectivity index is 2.02. The number of nitrogens with one attached hydrogen (secondary N) is 1. The fourth-order valence-electron chi connectivity index (χ4n) is 2.44. The molecule has 1 atom stereocenters. The van der Waals surface area contributed by atoms with Crippen LogP contribution < -0.4 is 5.32 Å². The molecule has 1 saturated heterocycles. The molecule has 144 valence electrons. The van der Waals surface area contributed by atoms with E-state index in [0.717, 1.165) is 4.90 Å².